The van der Waals surface area contributed by atoms with Gasteiger partial charge in [0.2, 0.25) is 10.0 Å². The van der Waals surface area contributed by atoms with Crippen LogP contribution in [-0.4, -0.2) is 29.5 Å². The number of hydrogen-bond acceptors (Lipinski definition) is 4. The molecule has 2 aromatic rings. The van der Waals surface area contributed by atoms with Crippen LogP contribution in [0.2, 0.25) is 0 Å². The Balaban J connectivity index is 1.99. The van der Waals surface area contributed by atoms with Gasteiger partial charge in [-0.05, 0) is 38.8 Å². The Bertz CT molecular complexity index is 717. The number of rotatable bonds is 3. The Morgan fingerprint density at radius 2 is 2.20 bits per heavy atom. The largest absolute Gasteiger partial charge is 0.465 e. The van der Waals surface area contributed by atoms with Crippen LogP contribution in [0, 0.1) is 13.8 Å². The van der Waals surface area contributed by atoms with Crippen molar-refractivity contribution in [2.45, 2.75) is 37.6 Å². The standard InChI is InChI=1S/C13H17N3O3S/c1-9-5-6-12(19-9)11-4-3-7-16(11)20(17,18)13-8-14-15-10(13)2/h5-6,8,11H,3-4,7H2,1-2H3,(H,14,15). The minimum atomic E-state index is -3.53. The van der Waals surface area contributed by atoms with E-state index in [0.717, 1.165) is 18.6 Å². The lowest BCUT2D eigenvalue weighted by atomic mass is 10.2. The summed E-state index contributed by atoms with van der Waals surface area (Å²) < 4.78 is 32.6. The average Bonchev–Trinajstić information content (AvgIpc) is 3.07. The fourth-order valence-corrected chi connectivity index (χ4v) is 4.46. The zero-order valence-electron chi connectivity index (χ0n) is 11.5. The highest BCUT2D eigenvalue weighted by atomic mass is 32.2. The zero-order valence-corrected chi connectivity index (χ0v) is 12.3. The molecule has 0 aliphatic carbocycles. The van der Waals surface area contributed by atoms with Gasteiger partial charge in [-0.1, -0.05) is 0 Å². The molecule has 108 valence electrons. The van der Waals surface area contributed by atoms with E-state index in [1.165, 1.54) is 10.5 Å². The van der Waals surface area contributed by atoms with Gasteiger partial charge in [0.15, 0.2) is 0 Å². The van der Waals surface area contributed by atoms with E-state index in [2.05, 4.69) is 10.2 Å². The van der Waals surface area contributed by atoms with Gasteiger partial charge in [-0.25, -0.2) is 8.42 Å². The molecular weight excluding hydrogens is 278 g/mol. The summed E-state index contributed by atoms with van der Waals surface area (Å²) in [6.07, 6.45) is 2.98. The first kappa shape index (κ1) is 13.4. The molecule has 3 heterocycles. The number of H-pyrrole nitrogens is 1. The van der Waals surface area contributed by atoms with E-state index in [0.29, 0.717) is 18.0 Å². The van der Waals surface area contributed by atoms with E-state index in [1.54, 1.807) is 6.92 Å². The number of aromatic amines is 1. The molecule has 1 aliphatic heterocycles. The van der Waals surface area contributed by atoms with Gasteiger partial charge in [-0.15, -0.1) is 0 Å². The minimum absolute atomic E-state index is 0.219. The normalized spacial score (nSPS) is 20.6. The molecule has 0 spiro atoms. The molecule has 1 atom stereocenters. The van der Waals surface area contributed by atoms with Gasteiger partial charge in [-0.2, -0.15) is 9.40 Å². The molecule has 7 heteroatoms. The van der Waals surface area contributed by atoms with Crippen molar-refractivity contribution in [1.29, 1.82) is 0 Å². The van der Waals surface area contributed by atoms with Crippen LogP contribution in [0.3, 0.4) is 0 Å². The minimum Gasteiger partial charge on any atom is -0.465 e. The Labute approximate surface area is 117 Å². The third kappa shape index (κ3) is 2.06. The summed E-state index contributed by atoms with van der Waals surface area (Å²) in [7, 11) is -3.53. The Kier molecular flexibility index (Phi) is 3.18. The van der Waals surface area contributed by atoms with Gasteiger partial charge < -0.3 is 4.42 Å². The molecule has 1 N–H and O–H groups in total. The van der Waals surface area contributed by atoms with Crippen molar-refractivity contribution in [1.82, 2.24) is 14.5 Å². The fraction of sp³-hybridized carbons (Fsp3) is 0.462. The Morgan fingerprint density at radius 1 is 1.40 bits per heavy atom. The number of nitrogens with zero attached hydrogens (tertiary/aromatic N) is 2. The molecule has 0 bridgehead atoms. The predicted molar refractivity (Wildman–Crippen MR) is 72.6 cm³/mol. The molecule has 0 aromatic carbocycles. The lowest BCUT2D eigenvalue weighted by Crippen LogP contribution is -2.30. The smallest absolute Gasteiger partial charge is 0.247 e. The molecular formula is C13H17N3O3S. The fourth-order valence-electron chi connectivity index (χ4n) is 2.67. The van der Waals surface area contributed by atoms with Crippen molar-refractivity contribution in [3.05, 3.63) is 35.5 Å². The highest BCUT2D eigenvalue weighted by Gasteiger charge is 2.38. The van der Waals surface area contributed by atoms with Crippen molar-refractivity contribution >= 4 is 10.0 Å². The van der Waals surface area contributed by atoms with Crippen LogP contribution in [0.4, 0.5) is 0 Å². The number of furan rings is 1. The first-order valence-electron chi connectivity index (χ1n) is 6.58. The average molecular weight is 295 g/mol. The summed E-state index contributed by atoms with van der Waals surface area (Å²) in [6, 6.07) is 3.50. The molecule has 20 heavy (non-hydrogen) atoms. The summed E-state index contributed by atoms with van der Waals surface area (Å²) in [5.74, 6) is 1.51. The van der Waals surface area contributed by atoms with Gasteiger partial charge in [0.05, 0.1) is 17.9 Å². The van der Waals surface area contributed by atoms with Crippen LogP contribution in [0.5, 0.6) is 0 Å². The lowest BCUT2D eigenvalue weighted by molar-refractivity contribution is 0.334. The molecule has 1 unspecified atom stereocenters. The third-order valence-electron chi connectivity index (χ3n) is 3.66. The SMILES string of the molecule is Cc1ccc(C2CCCN2S(=O)(=O)c2cn[nH]c2C)o1. The van der Waals surface area contributed by atoms with Crippen LogP contribution in [0.1, 0.15) is 36.1 Å². The molecule has 1 fully saturated rings. The maximum absolute atomic E-state index is 12.7. The molecule has 1 aliphatic rings. The maximum atomic E-state index is 12.7. The Hall–Kier alpha value is -1.60. The summed E-state index contributed by atoms with van der Waals surface area (Å²) in [4.78, 5) is 0.243. The second-order valence-corrected chi connectivity index (χ2v) is 6.94. The van der Waals surface area contributed by atoms with Gasteiger partial charge in [0.25, 0.3) is 0 Å². The molecule has 0 radical (unpaired) electrons. The number of nitrogens with one attached hydrogen (secondary N) is 1. The van der Waals surface area contributed by atoms with Gasteiger partial charge >= 0.3 is 0 Å². The van der Waals surface area contributed by atoms with Crippen molar-refractivity contribution < 1.29 is 12.8 Å². The van der Waals surface area contributed by atoms with Crippen LogP contribution in [-0.2, 0) is 10.0 Å². The molecule has 6 nitrogen and oxygen atoms in total. The summed E-state index contributed by atoms with van der Waals surface area (Å²) in [5, 5.41) is 6.48. The maximum Gasteiger partial charge on any atom is 0.247 e. The molecule has 1 saturated heterocycles. The first-order valence-corrected chi connectivity index (χ1v) is 8.02. The quantitative estimate of drug-likeness (QED) is 0.941. The van der Waals surface area contributed by atoms with Crippen molar-refractivity contribution in [2.75, 3.05) is 6.54 Å². The molecule has 2 aromatic heterocycles. The van der Waals surface area contributed by atoms with Crippen LogP contribution in [0.25, 0.3) is 0 Å². The van der Waals surface area contributed by atoms with E-state index in [1.807, 2.05) is 19.1 Å². The second-order valence-electron chi connectivity index (χ2n) is 5.08. The van der Waals surface area contributed by atoms with E-state index in [4.69, 9.17) is 4.42 Å². The Morgan fingerprint density at radius 3 is 2.80 bits per heavy atom. The summed E-state index contributed by atoms with van der Waals surface area (Å²) >= 11 is 0. The van der Waals surface area contributed by atoms with Crippen LogP contribution >= 0.6 is 0 Å². The highest BCUT2D eigenvalue weighted by molar-refractivity contribution is 7.89. The van der Waals surface area contributed by atoms with Crippen molar-refractivity contribution in [3.8, 4) is 0 Å². The molecule has 0 amide bonds. The number of aryl methyl sites for hydroxylation is 2. The van der Waals surface area contributed by atoms with E-state index < -0.39 is 10.0 Å². The third-order valence-corrected chi connectivity index (χ3v) is 5.69. The van der Waals surface area contributed by atoms with E-state index in [-0.39, 0.29) is 10.9 Å². The lowest BCUT2D eigenvalue weighted by Gasteiger charge is -2.22. The zero-order chi connectivity index (χ0) is 14.3. The summed E-state index contributed by atoms with van der Waals surface area (Å²) in [6.45, 7) is 4.08. The van der Waals surface area contributed by atoms with Crippen molar-refractivity contribution in [2.24, 2.45) is 0 Å². The van der Waals surface area contributed by atoms with Crippen LogP contribution in [0.15, 0.2) is 27.6 Å². The topological polar surface area (TPSA) is 79.2 Å². The monoisotopic (exact) mass is 295 g/mol. The molecule has 0 saturated carbocycles. The van der Waals surface area contributed by atoms with Gasteiger partial charge in [-0.3, -0.25) is 5.10 Å². The predicted octanol–water partition coefficient (Wildman–Crippen LogP) is 2.15. The second kappa shape index (κ2) is 4.75. The summed E-state index contributed by atoms with van der Waals surface area (Å²) in [5.41, 5.74) is 0.561. The molecule has 3 rings (SSSR count). The highest BCUT2D eigenvalue weighted by Crippen LogP contribution is 2.37. The van der Waals surface area contributed by atoms with Gasteiger partial charge in [0, 0.05) is 6.54 Å². The van der Waals surface area contributed by atoms with E-state index >= 15 is 0 Å². The van der Waals surface area contributed by atoms with Crippen molar-refractivity contribution in [3.63, 3.8) is 0 Å². The van der Waals surface area contributed by atoms with Gasteiger partial charge in [0.1, 0.15) is 16.4 Å². The number of hydrogen-bond donors (Lipinski definition) is 1. The number of aromatic nitrogens is 2. The number of sulfonamides is 1. The van der Waals surface area contributed by atoms with E-state index in [9.17, 15) is 8.42 Å². The van der Waals surface area contributed by atoms with Crippen LogP contribution < -0.4 is 0 Å². The first-order chi connectivity index (χ1) is 9.50.